The first-order chi connectivity index (χ1) is 9.06. The number of hydrogen-bond donors (Lipinski definition) is 1. The quantitative estimate of drug-likeness (QED) is 0.861. The number of aryl methyl sites for hydroxylation is 2. The molecule has 1 aliphatic heterocycles. The normalized spacial score (nSPS) is 21.2. The van der Waals surface area contributed by atoms with Crippen LogP contribution in [0.4, 0.5) is 0 Å². The molecule has 0 saturated carbocycles. The van der Waals surface area contributed by atoms with Crippen molar-refractivity contribution in [3.05, 3.63) is 17.5 Å². The van der Waals surface area contributed by atoms with Gasteiger partial charge in [0.15, 0.2) is 0 Å². The summed E-state index contributed by atoms with van der Waals surface area (Å²) < 4.78 is 7.67. The lowest BCUT2D eigenvalue weighted by Crippen LogP contribution is -2.48. The first-order valence-electron chi connectivity index (χ1n) is 7.11. The van der Waals surface area contributed by atoms with Crippen molar-refractivity contribution in [1.29, 1.82) is 0 Å². The lowest BCUT2D eigenvalue weighted by molar-refractivity contribution is -0.0372. The van der Waals surface area contributed by atoms with E-state index in [9.17, 15) is 0 Å². The Morgan fingerprint density at radius 3 is 2.95 bits per heavy atom. The minimum absolute atomic E-state index is 0.299. The minimum atomic E-state index is 0.299. The van der Waals surface area contributed by atoms with Gasteiger partial charge in [-0.05, 0) is 20.8 Å². The molecule has 2 heterocycles. The van der Waals surface area contributed by atoms with E-state index in [-0.39, 0.29) is 0 Å². The fraction of sp³-hybridized carbons (Fsp3) is 0.786. The second-order valence-electron chi connectivity index (χ2n) is 5.63. The van der Waals surface area contributed by atoms with Crippen molar-refractivity contribution in [2.45, 2.75) is 39.5 Å². The Morgan fingerprint density at radius 1 is 1.53 bits per heavy atom. The summed E-state index contributed by atoms with van der Waals surface area (Å²) in [5.74, 6) is 0. The number of morpholine rings is 1. The Kier molecular flexibility index (Phi) is 4.96. The van der Waals surface area contributed by atoms with Crippen LogP contribution in [-0.4, -0.2) is 53.1 Å². The summed E-state index contributed by atoms with van der Waals surface area (Å²) in [6, 6.07) is 0.604. The van der Waals surface area contributed by atoms with Crippen LogP contribution in [0.25, 0.3) is 0 Å². The fourth-order valence-electron chi connectivity index (χ4n) is 2.52. The summed E-state index contributed by atoms with van der Waals surface area (Å²) >= 11 is 0. The smallest absolute Gasteiger partial charge is 0.0826 e. The summed E-state index contributed by atoms with van der Waals surface area (Å²) in [4.78, 5) is 2.48. The molecule has 1 atom stereocenters. The maximum Gasteiger partial charge on any atom is 0.0826 e. The van der Waals surface area contributed by atoms with Gasteiger partial charge in [0.05, 0.1) is 18.4 Å². The van der Waals surface area contributed by atoms with Crippen LogP contribution in [0.5, 0.6) is 0 Å². The van der Waals surface area contributed by atoms with Gasteiger partial charge in [0.25, 0.3) is 0 Å². The van der Waals surface area contributed by atoms with E-state index in [0.29, 0.717) is 12.1 Å². The molecular formula is C14H26N4O. The molecule has 2 rings (SSSR count). The van der Waals surface area contributed by atoms with Crippen LogP contribution in [0.1, 0.15) is 25.1 Å². The average molecular weight is 266 g/mol. The molecule has 0 aliphatic carbocycles. The van der Waals surface area contributed by atoms with Gasteiger partial charge in [0.2, 0.25) is 0 Å². The fourth-order valence-corrected chi connectivity index (χ4v) is 2.52. The topological polar surface area (TPSA) is 42.3 Å². The average Bonchev–Trinajstić information content (AvgIpc) is 2.68. The van der Waals surface area contributed by atoms with Crippen LogP contribution < -0.4 is 5.32 Å². The molecule has 5 nitrogen and oxygen atoms in total. The van der Waals surface area contributed by atoms with E-state index in [1.807, 2.05) is 11.7 Å². The van der Waals surface area contributed by atoms with Crippen LogP contribution in [-0.2, 0) is 18.3 Å². The lowest BCUT2D eigenvalue weighted by Gasteiger charge is -2.35. The molecule has 0 aromatic carbocycles. The molecule has 108 valence electrons. The Bertz CT molecular complexity index is 402. The molecule has 19 heavy (non-hydrogen) atoms. The lowest BCUT2D eigenvalue weighted by atomic mass is 10.2. The molecule has 0 radical (unpaired) electrons. The van der Waals surface area contributed by atoms with Gasteiger partial charge in [0, 0.05) is 51.0 Å². The molecule has 1 aliphatic rings. The molecule has 0 amide bonds. The van der Waals surface area contributed by atoms with E-state index in [1.54, 1.807) is 0 Å². The Balaban J connectivity index is 1.75. The third-order valence-corrected chi connectivity index (χ3v) is 3.70. The summed E-state index contributed by atoms with van der Waals surface area (Å²) in [5.41, 5.74) is 2.36. The molecule has 1 N–H and O–H groups in total. The number of hydrogen-bond acceptors (Lipinski definition) is 4. The Morgan fingerprint density at radius 2 is 2.32 bits per heavy atom. The maximum absolute atomic E-state index is 5.81. The van der Waals surface area contributed by atoms with Crippen LogP contribution >= 0.6 is 0 Å². The molecule has 1 aromatic rings. The van der Waals surface area contributed by atoms with Crippen molar-refractivity contribution in [3.8, 4) is 0 Å². The molecule has 5 heteroatoms. The van der Waals surface area contributed by atoms with Crippen LogP contribution in [0.2, 0.25) is 0 Å². The first-order valence-corrected chi connectivity index (χ1v) is 7.11. The van der Waals surface area contributed by atoms with Crippen molar-refractivity contribution in [2.24, 2.45) is 7.05 Å². The third-order valence-electron chi connectivity index (χ3n) is 3.70. The van der Waals surface area contributed by atoms with Gasteiger partial charge in [-0.1, -0.05) is 0 Å². The predicted octanol–water partition coefficient (Wildman–Crippen LogP) is 0.927. The summed E-state index contributed by atoms with van der Waals surface area (Å²) in [6.07, 6.45) is 2.37. The molecule has 1 saturated heterocycles. The third kappa shape index (κ3) is 4.03. The van der Waals surface area contributed by atoms with Crippen molar-refractivity contribution < 1.29 is 4.74 Å². The van der Waals surface area contributed by atoms with Crippen molar-refractivity contribution >= 4 is 0 Å². The molecule has 0 bridgehead atoms. The van der Waals surface area contributed by atoms with Crippen molar-refractivity contribution in [1.82, 2.24) is 20.0 Å². The monoisotopic (exact) mass is 266 g/mol. The summed E-state index contributed by atoms with van der Waals surface area (Å²) in [7, 11) is 1.96. The second kappa shape index (κ2) is 6.50. The molecule has 1 fully saturated rings. The highest BCUT2D eigenvalue weighted by Gasteiger charge is 2.21. The zero-order chi connectivity index (χ0) is 13.8. The van der Waals surface area contributed by atoms with E-state index in [4.69, 9.17) is 4.74 Å². The molecule has 0 spiro atoms. The Labute approximate surface area is 115 Å². The van der Waals surface area contributed by atoms with Gasteiger partial charge in [-0.25, -0.2) is 0 Å². The van der Waals surface area contributed by atoms with Crippen molar-refractivity contribution in [2.75, 3.05) is 26.2 Å². The van der Waals surface area contributed by atoms with E-state index in [0.717, 1.165) is 38.5 Å². The zero-order valence-corrected chi connectivity index (χ0v) is 12.5. The standard InChI is InChI=1S/C14H26N4O/c1-11(2)18-5-6-19-14(10-18)8-15-7-13-9-17(4)16-12(13)3/h9,11,14-15H,5-8,10H2,1-4H3. The number of ether oxygens (including phenoxy) is 1. The van der Waals surface area contributed by atoms with E-state index in [1.165, 1.54) is 5.56 Å². The highest BCUT2D eigenvalue weighted by atomic mass is 16.5. The first kappa shape index (κ1) is 14.5. The van der Waals surface area contributed by atoms with Gasteiger partial charge in [0.1, 0.15) is 0 Å². The van der Waals surface area contributed by atoms with Crippen LogP contribution in [0.15, 0.2) is 6.20 Å². The summed E-state index contributed by atoms with van der Waals surface area (Å²) in [6.45, 7) is 11.2. The van der Waals surface area contributed by atoms with Crippen LogP contribution in [0, 0.1) is 6.92 Å². The largest absolute Gasteiger partial charge is 0.374 e. The Hall–Kier alpha value is -0.910. The van der Waals surface area contributed by atoms with Crippen molar-refractivity contribution in [3.63, 3.8) is 0 Å². The van der Waals surface area contributed by atoms with E-state index >= 15 is 0 Å². The van der Waals surface area contributed by atoms with Gasteiger partial charge >= 0.3 is 0 Å². The van der Waals surface area contributed by atoms with Gasteiger partial charge < -0.3 is 10.1 Å². The highest BCUT2D eigenvalue weighted by Crippen LogP contribution is 2.09. The number of nitrogens with zero attached hydrogens (tertiary/aromatic N) is 3. The minimum Gasteiger partial charge on any atom is -0.374 e. The predicted molar refractivity (Wildman–Crippen MR) is 76.1 cm³/mol. The zero-order valence-electron chi connectivity index (χ0n) is 12.5. The number of rotatable bonds is 5. The maximum atomic E-state index is 5.81. The van der Waals surface area contributed by atoms with E-state index in [2.05, 4.69) is 42.3 Å². The SMILES string of the molecule is Cc1nn(C)cc1CNCC1CN(C(C)C)CCO1. The van der Waals surface area contributed by atoms with E-state index < -0.39 is 0 Å². The number of aromatic nitrogens is 2. The van der Waals surface area contributed by atoms with Gasteiger partial charge in [-0.2, -0.15) is 5.10 Å². The van der Waals surface area contributed by atoms with Gasteiger partial charge in [-0.15, -0.1) is 0 Å². The number of nitrogens with one attached hydrogen (secondary N) is 1. The highest BCUT2D eigenvalue weighted by molar-refractivity contribution is 5.14. The molecule has 1 unspecified atom stereocenters. The molecular weight excluding hydrogens is 240 g/mol. The summed E-state index contributed by atoms with van der Waals surface area (Å²) in [5, 5.41) is 7.83. The van der Waals surface area contributed by atoms with Crippen LogP contribution in [0.3, 0.4) is 0 Å². The van der Waals surface area contributed by atoms with Gasteiger partial charge in [-0.3, -0.25) is 9.58 Å². The second-order valence-corrected chi connectivity index (χ2v) is 5.63. The molecule has 1 aromatic heterocycles.